The topological polar surface area (TPSA) is 212 Å². The summed E-state index contributed by atoms with van der Waals surface area (Å²) in [7, 11) is 0. The lowest BCUT2D eigenvalue weighted by Crippen LogP contribution is -2.60. The van der Waals surface area contributed by atoms with Gasteiger partial charge in [-0.15, -0.1) is 0 Å². The third-order valence-electron chi connectivity index (χ3n) is 4.85. The van der Waals surface area contributed by atoms with Gasteiger partial charge in [-0.3, -0.25) is 9.59 Å². The number of aliphatic hydroxyl groups is 3. The summed E-state index contributed by atoms with van der Waals surface area (Å²) in [6, 6.07) is 1.69. The van der Waals surface area contributed by atoms with E-state index in [0.717, 1.165) is 0 Å². The number of carboxylic acid groups (broad SMARTS) is 2. The van der Waals surface area contributed by atoms with Crippen molar-refractivity contribution in [3.05, 3.63) is 17.7 Å². The Bertz CT molecular complexity index is 873. The molecule has 1 fully saturated rings. The molecule has 7 N–H and O–H groups in total. The van der Waals surface area contributed by atoms with E-state index in [1.54, 1.807) is 0 Å². The Hall–Kier alpha value is -3.13. The van der Waals surface area contributed by atoms with Crippen LogP contribution in [0.3, 0.4) is 0 Å². The first kappa shape index (κ1) is 22.6. The van der Waals surface area contributed by atoms with Crippen molar-refractivity contribution in [3.63, 3.8) is 0 Å². The molecule has 0 saturated carbocycles. The summed E-state index contributed by atoms with van der Waals surface area (Å²) >= 11 is 0. The number of esters is 1. The molecule has 2 aliphatic heterocycles. The zero-order chi connectivity index (χ0) is 22.9. The van der Waals surface area contributed by atoms with E-state index in [9.17, 15) is 34.8 Å². The van der Waals surface area contributed by atoms with Crippen LogP contribution in [-0.2, 0) is 30.3 Å². The smallest absolute Gasteiger partial charge is 0.326 e. The minimum Gasteiger partial charge on any atom is -0.504 e. The molecule has 2 aliphatic rings. The minimum absolute atomic E-state index is 0.110. The molecule has 2 heterocycles. The van der Waals surface area contributed by atoms with Crippen molar-refractivity contribution in [1.29, 1.82) is 0 Å². The third kappa shape index (κ3) is 4.96. The van der Waals surface area contributed by atoms with Crippen LogP contribution >= 0.6 is 0 Å². The molecule has 0 aromatic heterocycles. The second-order valence-corrected chi connectivity index (χ2v) is 7.10. The Morgan fingerprint density at radius 2 is 1.81 bits per heavy atom. The first-order valence-corrected chi connectivity index (χ1v) is 9.15. The number of anilines is 1. The monoisotopic (exact) mass is 443 g/mol. The van der Waals surface area contributed by atoms with Gasteiger partial charge in [-0.1, -0.05) is 0 Å². The summed E-state index contributed by atoms with van der Waals surface area (Å²) in [5.74, 6) is -4.18. The van der Waals surface area contributed by atoms with E-state index in [0.29, 0.717) is 11.3 Å². The van der Waals surface area contributed by atoms with Crippen molar-refractivity contribution in [2.75, 3.05) is 11.9 Å². The summed E-state index contributed by atoms with van der Waals surface area (Å²) < 4.78 is 15.5. The van der Waals surface area contributed by atoms with Crippen molar-refractivity contribution in [2.24, 2.45) is 0 Å². The van der Waals surface area contributed by atoms with E-state index >= 15 is 0 Å². The van der Waals surface area contributed by atoms with Gasteiger partial charge >= 0.3 is 17.9 Å². The molecule has 3 rings (SSSR count). The van der Waals surface area contributed by atoms with Crippen LogP contribution in [0.5, 0.6) is 11.5 Å². The molecule has 170 valence electrons. The maximum Gasteiger partial charge on any atom is 0.326 e. The van der Waals surface area contributed by atoms with Crippen LogP contribution in [0.1, 0.15) is 12.0 Å². The summed E-state index contributed by atoms with van der Waals surface area (Å²) in [5.41, 5.74) is 0.909. The first-order valence-electron chi connectivity index (χ1n) is 9.15. The number of nitrogens with one attached hydrogen (secondary N) is 1. The van der Waals surface area contributed by atoms with E-state index in [2.05, 4.69) is 5.32 Å². The van der Waals surface area contributed by atoms with E-state index < -0.39 is 73.4 Å². The number of aliphatic carboxylic acids is 2. The molecule has 1 aromatic carbocycles. The van der Waals surface area contributed by atoms with E-state index in [-0.39, 0.29) is 12.2 Å². The molecule has 0 unspecified atom stereocenters. The Morgan fingerprint density at radius 3 is 2.45 bits per heavy atom. The van der Waals surface area contributed by atoms with Gasteiger partial charge in [0.2, 0.25) is 6.29 Å². The minimum atomic E-state index is -1.77. The summed E-state index contributed by atoms with van der Waals surface area (Å²) in [5, 5.41) is 60.8. The van der Waals surface area contributed by atoms with Crippen LogP contribution in [0.15, 0.2) is 12.1 Å². The largest absolute Gasteiger partial charge is 0.504 e. The van der Waals surface area contributed by atoms with E-state index in [4.69, 9.17) is 24.4 Å². The summed E-state index contributed by atoms with van der Waals surface area (Å²) in [4.78, 5) is 33.0. The number of hydrogen-bond donors (Lipinski definition) is 7. The molecule has 0 aliphatic carbocycles. The number of carbonyl (C=O) groups excluding carboxylic acids is 1. The molecule has 0 bridgehead atoms. The number of phenols is 1. The quantitative estimate of drug-likeness (QED) is 0.180. The highest BCUT2D eigenvalue weighted by atomic mass is 16.7. The Kier molecular flexibility index (Phi) is 6.50. The highest BCUT2D eigenvalue weighted by molar-refractivity contribution is 5.90. The SMILES string of the molecule is O=C(O)CC(=O)OC[C@H]1O[C@@H](Oc2cc3c(cc2O)N[C@H](C(=O)O)C3)[C@H](O)[C@@H](O)[C@@H]1O. The lowest BCUT2D eigenvalue weighted by molar-refractivity contribution is -0.278. The van der Waals surface area contributed by atoms with Crippen LogP contribution in [0.4, 0.5) is 5.69 Å². The van der Waals surface area contributed by atoms with Gasteiger partial charge in [0.25, 0.3) is 0 Å². The molecule has 0 amide bonds. The predicted molar refractivity (Wildman–Crippen MR) is 97.4 cm³/mol. The van der Waals surface area contributed by atoms with Gasteiger partial charge in [-0.25, -0.2) is 4.79 Å². The average molecular weight is 443 g/mol. The fraction of sp³-hybridized carbons (Fsp3) is 0.500. The number of phenolic OH excluding ortho intramolecular Hbond substituents is 1. The van der Waals surface area contributed by atoms with Crippen molar-refractivity contribution < 1.29 is 59.2 Å². The van der Waals surface area contributed by atoms with Crippen LogP contribution in [0, 0.1) is 0 Å². The van der Waals surface area contributed by atoms with Gasteiger partial charge < -0.3 is 50.2 Å². The van der Waals surface area contributed by atoms with Gasteiger partial charge in [-0.2, -0.15) is 0 Å². The zero-order valence-electron chi connectivity index (χ0n) is 15.9. The number of aliphatic hydroxyl groups excluding tert-OH is 3. The maximum absolute atomic E-state index is 11.4. The number of hydrogen-bond acceptors (Lipinski definition) is 11. The molecule has 31 heavy (non-hydrogen) atoms. The average Bonchev–Trinajstić information content (AvgIpc) is 3.10. The van der Waals surface area contributed by atoms with Crippen LogP contribution < -0.4 is 10.1 Å². The first-order chi connectivity index (χ1) is 14.6. The van der Waals surface area contributed by atoms with Crippen molar-refractivity contribution in [3.8, 4) is 11.5 Å². The van der Waals surface area contributed by atoms with Gasteiger partial charge in [-0.05, 0) is 11.6 Å². The van der Waals surface area contributed by atoms with Crippen molar-refractivity contribution >= 4 is 23.6 Å². The van der Waals surface area contributed by atoms with Crippen LogP contribution in [0.2, 0.25) is 0 Å². The molecule has 13 heteroatoms. The highest BCUT2D eigenvalue weighted by Crippen LogP contribution is 2.38. The molecule has 6 atom stereocenters. The number of carboxylic acids is 2. The number of ether oxygens (including phenoxy) is 3. The Labute approximate surface area is 174 Å². The van der Waals surface area contributed by atoms with E-state index in [1.165, 1.54) is 12.1 Å². The fourth-order valence-electron chi connectivity index (χ4n) is 3.24. The molecule has 13 nitrogen and oxygen atoms in total. The second kappa shape index (κ2) is 8.93. The third-order valence-corrected chi connectivity index (χ3v) is 4.85. The zero-order valence-corrected chi connectivity index (χ0v) is 15.9. The number of carbonyl (C=O) groups is 3. The summed E-state index contributed by atoms with van der Waals surface area (Å²) in [6.07, 6.45) is -8.97. The van der Waals surface area contributed by atoms with Crippen molar-refractivity contribution in [2.45, 2.75) is 49.6 Å². The van der Waals surface area contributed by atoms with Gasteiger partial charge in [0.15, 0.2) is 11.5 Å². The molecule has 1 saturated heterocycles. The van der Waals surface area contributed by atoms with Crippen LogP contribution in [0.25, 0.3) is 0 Å². The second-order valence-electron chi connectivity index (χ2n) is 7.10. The predicted octanol–water partition coefficient (Wildman–Crippen LogP) is -1.98. The number of rotatable bonds is 7. The fourth-order valence-corrected chi connectivity index (χ4v) is 3.24. The summed E-state index contributed by atoms with van der Waals surface area (Å²) in [6.45, 7) is -0.628. The number of aromatic hydroxyl groups is 1. The molecular weight excluding hydrogens is 422 g/mol. The lowest BCUT2D eigenvalue weighted by Gasteiger charge is -2.39. The molecule has 1 aromatic rings. The van der Waals surface area contributed by atoms with Crippen molar-refractivity contribution in [1.82, 2.24) is 0 Å². The maximum atomic E-state index is 11.4. The van der Waals surface area contributed by atoms with Gasteiger partial charge in [0.1, 0.15) is 43.5 Å². The standard InChI is InChI=1S/C18H21NO12/c20-9-3-7-6(1-8(19-7)17(27)28)2-10(9)30-18-16(26)15(25)14(24)11(31-18)5-29-13(23)4-12(21)22/h2-3,8,11,14-16,18-20,24-26H,1,4-5H2,(H,21,22)(H,27,28)/t8-,11+,14+,15-,16+,18+/m0/s1. The lowest BCUT2D eigenvalue weighted by atomic mass is 9.99. The van der Waals surface area contributed by atoms with Gasteiger partial charge in [0, 0.05) is 18.2 Å². The highest BCUT2D eigenvalue weighted by Gasteiger charge is 2.46. The Morgan fingerprint density at radius 1 is 1.10 bits per heavy atom. The Balaban J connectivity index is 1.70. The van der Waals surface area contributed by atoms with Crippen LogP contribution in [-0.4, -0.2) is 91.9 Å². The molecule has 0 radical (unpaired) electrons. The normalized spacial score (nSPS) is 29.5. The van der Waals surface area contributed by atoms with E-state index in [1.807, 2.05) is 0 Å². The molecular formula is C18H21NO12. The number of benzene rings is 1. The van der Waals surface area contributed by atoms with Gasteiger partial charge in [0.05, 0.1) is 0 Å². The molecule has 0 spiro atoms. The number of fused-ring (bicyclic) bond motifs is 1.